The van der Waals surface area contributed by atoms with Gasteiger partial charge in [0.05, 0.1) is 24.1 Å². The molecule has 0 bridgehead atoms. The zero-order valence-electron chi connectivity index (χ0n) is 21.2. The van der Waals surface area contributed by atoms with E-state index in [1.165, 1.54) is 24.2 Å². The third kappa shape index (κ3) is 5.90. The summed E-state index contributed by atoms with van der Waals surface area (Å²) in [5.41, 5.74) is 0.565. The first-order chi connectivity index (χ1) is 18.6. The summed E-state index contributed by atoms with van der Waals surface area (Å²) in [7, 11) is 1.53. The van der Waals surface area contributed by atoms with Gasteiger partial charge in [0.15, 0.2) is 5.65 Å². The molecule has 0 spiro atoms. The Hall–Kier alpha value is -4.72. The Kier molecular flexibility index (Phi) is 7.95. The van der Waals surface area contributed by atoms with Gasteiger partial charge in [-0.25, -0.2) is 19.7 Å². The molecule has 0 unspecified atom stereocenters. The topological polar surface area (TPSA) is 178 Å². The van der Waals surface area contributed by atoms with Gasteiger partial charge in [0.25, 0.3) is 5.97 Å². The van der Waals surface area contributed by atoms with Crippen LogP contribution in [0.3, 0.4) is 0 Å². The van der Waals surface area contributed by atoms with Crippen molar-refractivity contribution >= 4 is 46.1 Å². The standard InChI is InChI=1S/C23H20N6O5S.C2H4O2/c1-12-6-17(28-8-13(9-28)16(30)7-14-4-3-5-18(26-14)34-2)27-21-19(12)20(31)15(22(32)33)10-29(21)23-24-11-25-35-23;1-2(3)4/h3-6,10-11,13H,7-9H2,1-2H3,(H,32,33);1H3,(H,3,4). The van der Waals surface area contributed by atoms with Gasteiger partial charge in [-0.3, -0.25) is 19.0 Å². The zero-order chi connectivity index (χ0) is 28.3. The van der Waals surface area contributed by atoms with Crippen LogP contribution in [0.15, 0.2) is 41.6 Å². The summed E-state index contributed by atoms with van der Waals surface area (Å²) >= 11 is 1.06. The molecule has 2 N–H and O–H groups in total. The second-order valence-electron chi connectivity index (χ2n) is 8.70. The molecule has 5 heterocycles. The van der Waals surface area contributed by atoms with Gasteiger partial charge in [-0.05, 0) is 24.6 Å². The Balaban J connectivity index is 0.000000826. The Morgan fingerprint density at radius 2 is 1.90 bits per heavy atom. The van der Waals surface area contributed by atoms with Gasteiger partial charge in [0.1, 0.15) is 23.5 Å². The molecule has 0 atom stereocenters. The lowest BCUT2D eigenvalue weighted by molar-refractivity contribution is -0.134. The number of pyridine rings is 3. The second-order valence-corrected chi connectivity index (χ2v) is 9.46. The number of hydrogen-bond acceptors (Lipinski definition) is 11. The summed E-state index contributed by atoms with van der Waals surface area (Å²) < 4.78 is 10.6. The van der Waals surface area contributed by atoms with Crippen LogP contribution in [0.25, 0.3) is 16.2 Å². The molecule has 5 rings (SSSR count). The number of ketones is 1. The van der Waals surface area contributed by atoms with Crippen LogP contribution in [0.1, 0.15) is 28.5 Å². The number of anilines is 1. The molecule has 0 aliphatic carbocycles. The van der Waals surface area contributed by atoms with Crippen molar-refractivity contribution in [1.29, 1.82) is 0 Å². The number of aliphatic carboxylic acids is 1. The van der Waals surface area contributed by atoms with Gasteiger partial charge < -0.3 is 19.8 Å². The molecule has 14 heteroatoms. The van der Waals surface area contributed by atoms with Crippen molar-refractivity contribution in [1.82, 2.24) is 23.9 Å². The number of fused-ring (bicyclic) bond motifs is 1. The number of methoxy groups -OCH3 is 1. The number of ether oxygens (including phenoxy) is 1. The maximum Gasteiger partial charge on any atom is 0.341 e. The van der Waals surface area contributed by atoms with Crippen molar-refractivity contribution in [2.45, 2.75) is 20.3 Å². The number of aromatic carboxylic acids is 1. The minimum Gasteiger partial charge on any atom is -0.481 e. The highest BCUT2D eigenvalue weighted by Gasteiger charge is 2.34. The third-order valence-corrected chi connectivity index (χ3v) is 6.60. The van der Waals surface area contributed by atoms with Crippen molar-refractivity contribution < 1.29 is 29.3 Å². The molecule has 0 aromatic carbocycles. The molecule has 39 heavy (non-hydrogen) atoms. The highest BCUT2D eigenvalue weighted by Crippen LogP contribution is 2.29. The molecule has 1 saturated heterocycles. The Labute approximate surface area is 225 Å². The van der Waals surface area contributed by atoms with E-state index in [1.54, 1.807) is 31.2 Å². The Morgan fingerprint density at radius 3 is 2.51 bits per heavy atom. The van der Waals surface area contributed by atoms with E-state index < -0.39 is 17.4 Å². The highest BCUT2D eigenvalue weighted by molar-refractivity contribution is 7.08. The van der Waals surface area contributed by atoms with E-state index in [2.05, 4.69) is 19.3 Å². The fourth-order valence-electron chi connectivity index (χ4n) is 4.07. The molecule has 1 aliphatic heterocycles. The number of nitrogens with zero attached hydrogens (tertiary/aromatic N) is 6. The lowest BCUT2D eigenvalue weighted by atomic mass is 9.92. The van der Waals surface area contributed by atoms with E-state index in [0.717, 1.165) is 18.5 Å². The maximum atomic E-state index is 12.9. The molecular formula is C25H24N6O7S. The molecule has 4 aromatic rings. The van der Waals surface area contributed by atoms with E-state index in [1.807, 2.05) is 4.90 Å². The number of carbonyl (C=O) groups excluding carboxylic acids is 1. The lowest BCUT2D eigenvalue weighted by Gasteiger charge is -2.39. The number of carbonyl (C=O) groups is 3. The van der Waals surface area contributed by atoms with E-state index in [-0.39, 0.29) is 29.1 Å². The summed E-state index contributed by atoms with van der Waals surface area (Å²) in [6.45, 7) is 3.79. The zero-order valence-corrected chi connectivity index (χ0v) is 22.0. The van der Waals surface area contributed by atoms with Crippen LogP contribution in [0.2, 0.25) is 0 Å². The monoisotopic (exact) mass is 552 g/mol. The van der Waals surface area contributed by atoms with Crippen molar-refractivity contribution in [3.05, 3.63) is 63.8 Å². The molecule has 1 aliphatic rings. The average Bonchev–Trinajstić information content (AvgIpc) is 3.37. The summed E-state index contributed by atoms with van der Waals surface area (Å²) in [6, 6.07) is 7.07. The number of hydrogen-bond donors (Lipinski definition) is 2. The lowest BCUT2D eigenvalue weighted by Crippen LogP contribution is -2.51. The molecular weight excluding hydrogens is 528 g/mol. The van der Waals surface area contributed by atoms with Gasteiger partial charge in [0, 0.05) is 50.2 Å². The molecule has 4 aromatic heterocycles. The molecule has 1 fully saturated rings. The van der Waals surface area contributed by atoms with Gasteiger partial charge in [-0.1, -0.05) is 6.07 Å². The van der Waals surface area contributed by atoms with Crippen LogP contribution in [0, 0.1) is 12.8 Å². The smallest absolute Gasteiger partial charge is 0.341 e. The second kappa shape index (κ2) is 11.3. The Bertz CT molecular complexity index is 1610. The first-order valence-corrected chi connectivity index (χ1v) is 12.4. The van der Waals surface area contributed by atoms with E-state index in [9.17, 15) is 19.5 Å². The molecule has 0 amide bonds. The molecule has 0 radical (unpaired) electrons. The largest absolute Gasteiger partial charge is 0.481 e. The van der Waals surface area contributed by atoms with Crippen LogP contribution in [-0.4, -0.2) is 72.0 Å². The normalized spacial score (nSPS) is 12.8. The van der Waals surface area contributed by atoms with Gasteiger partial charge in [-0.2, -0.15) is 4.37 Å². The van der Waals surface area contributed by atoms with E-state index in [4.69, 9.17) is 14.6 Å². The minimum atomic E-state index is -1.33. The van der Waals surface area contributed by atoms with Crippen molar-refractivity contribution in [3.8, 4) is 11.0 Å². The number of aryl methyl sites for hydroxylation is 1. The number of rotatable bonds is 7. The molecule has 0 saturated carbocycles. The number of carboxylic acid groups (broad SMARTS) is 2. The summed E-state index contributed by atoms with van der Waals surface area (Å²) in [6.07, 6.45) is 2.80. The van der Waals surface area contributed by atoms with Crippen LogP contribution >= 0.6 is 11.5 Å². The van der Waals surface area contributed by atoms with E-state index in [0.29, 0.717) is 46.8 Å². The van der Waals surface area contributed by atoms with Crippen LogP contribution in [-0.2, 0) is 16.0 Å². The first-order valence-electron chi connectivity index (χ1n) is 11.6. The summed E-state index contributed by atoms with van der Waals surface area (Å²) in [5, 5.41) is 17.5. The highest BCUT2D eigenvalue weighted by atomic mass is 32.1. The fourth-order valence-corrected chi connectivity index (χ4v) is 4.58. The van der Waals surface area contributed by atoms with Crippen molar-refractivity contribution in [3.63, 3.8) is 0 Å². The number of Topliss-reactive ketones (excluding diaryl/α,β-unsaturated/α-hetero) is 1. The number of aromatic nitrogens is 5. The van der Waals surface area contributed by atoms with E-state index >= 15 is 0 Å². The number of carboxylic acids is 2. The SMILES string of the molecule is CC(=O)O.COc1cccc(CC(=O)C2CN(c3cc(C)c4c(=O)c(C(=O)O)cn(-c5ncns5)c4n3)C2)n1. The summed E-state index contributed by atoms with van der Waals surface area (Å²) in [4.78, 5) is 61.4. The Morgan fingerprint density at radius 1 is 1.18 bits per heavy atom. The van der Waals surface area contributed by atoms with Crippen LogP contribution in [0.5, 0.6) is 5.88 Å². The van der Waals surface area contributed by atoms with Crippen molar-refractivity contribution in [2.24, 2.45) is 5.92 Å². The minimum absolute atomic E-state index is 0.0800. The maximum absolute atomic E-state index is 12.9. The van der Waals surface area contributed by atoms with Gasteiger partial charge in [-0.15, -0.1) is 0 Å². The average molecular weight is 553 g/mol. The predicted octanol–water partition coefficient (Wildman–Crippen LogP) is 1.99. The van der Waals surface area contributed by atoms with Crippen molar-refractivity contribution in [2.75, 3.05) is 25.1 Å². The van der Waals surface area contributed by atoms with Crippen LogP contribution in [0.4, 0.5) is 5.82 Å². The quantitative estimate of drug-likeness (QED) is 0.341. The summed E-state index contributed by atoms with van der Waals surface area (Å²) in [5.74, 6) is -1.18. The predicted molar refractivity (Wildman–Crippen MR) is 141 cm³/mol. The molecule has 202 valence electrons. The molecule has 13 nitrogen and oxygen atoms in total. The van der Waals surface area contributed by atoms with Crippen LogP contribution < -0.4 is 15.1 Å². The third-order valence-electron chi connectivity index (χ3n) is 5.93. The van der Waals surface area contributed by atoms with Gasteiger partial charge in [0.2, 0.25) is 16.4 Å². The first kappa shape index (κ1) is 27.3. The van der Waals surface area contributed by atoms with Gasteiger partial charge >= 0.3 is 5.97 Å². The fraction of sp³-hybridized carbons (Fsp3) is 0.280.